The maximum atomic E-state index is 12.8. The normalized spacial score (nSPS) is 10.8. The summed E-state index contributed by atoms with van der Waals surface area (Å²) in [6.45, 7) is 1.99. The van der Waals surface area contributed by atoms with E-state index < -0.39 is 17.6 Å². The predicted molar refractivity (Wildman–Crippen MR) is 135 cm³/mol. The van der Waals surface area contributed by atoms with E-state index in [-0.39, 0.29) is 17.7 Å². The molecule has 1 amide bonds. The van der Waals surface area contributed by atoms with Crippen LogP contribution in [0.2, 0.25) is 5.02 Å². The van der Waals surface area contributed by atoms with Gasteiger partial charge >= 0.3 is 11.7 Å². The molecule has 0 spiro atoms. The second-order valence-corrected chi connectivity index (χ2v) is 8.98. The molecule has 0 bridgehead atoms. The molecule has 4 aromatic rings. The molecule has 0 unspecified atom stereocenters. The van der Waals surface area contributed by atoms with Gasteiger partial charge in [0, 0.05) is 14.3 Å². The van der Waals surface area contributed by atoms with Gasteiger partial charge in [-0.3, -0.25) is 4.79 Å². The molecule has 3 aromatic carbocycles. The van der Waals surface area contributed by atoms with Crippen molar-refractivity contribution in [3.05, 3.63) is 102 Å². The molecule has 0 saturated carbocycles. The monoisotopic (exact) mass is 589 g/mol. The van der Waals surface area contributed by atoms with E-state index in [1.807, 2.05) is 28.7 Å². The van der Waals surface area contributed by atoms with Crippen LogP contribution in [0, 0.1) is 10.5 Å². The third-order valence-corrected chi connectivity index (χ3v) is 6.20. The molecule has 2 N–H and O–H groups in total. The van der Waals surface area contributed by atoms with Crippen LogP contribution >= 0.6 is 34.2 Å². The molecule has 11 heteroatoms. The molecule has 0 aliphatic carbocycles. The molecule has 9 nitrogen and oxygen atoms in total. The number of halogens is 2. The number of nitrogens with one attached hydrogen (secondary N) is 1. The number of carboxylic acid groups (broad SMARTS) is 1. The lowest BCUT2D eigenvalue weighted by Gasteiger charge is -2.12. The van der Waals surface area contributed by atoms with Crippen molar-refractivity contribution >= 4 is 51.8 Å². The zero-order chi connectivity index (χ0) is 24.4. The van der Waals surface area contributed by atoms with Crippen LogP contribution in [0.15, 0.2) is 65.5 Å². The van der Waals surface area contributed by atoms with Gasteiger partial charge in [-0.05, 0) is 93.5 Å². The lowest BCUT2D eigenvalue weighted by atomic mass is 10.1. The summed E-state index contributed by atoms with van der Waals surface area (Å²) in [5, 5.41) is 20.6. The van der Waals surface area contributed by atoms with Crippen molar-refractivity contribution in [3.63, 3.8) is 0 Å². The molecule has 1 aromatic heterocycles. The molecule has 1 heterocycles. The Bertz CT molecular complexity index is 1460. The predicted octanol–water partition coefficient (Wildman–Crippen LogP) is 3.99. The summed E-state index contributed by atoms with van der Waals surface area (Å²) in [6.07, 6.45) is 0. The smallest absolute Gasteiger partial charge is 0.368 e. The number of tetrazole rings is 1. The number of benzene rings is 3. The number of carbonyl (C=O) groups is 2. The number of hydrogen-bond donors (Lipinski definition) is 2. The maximum Gasteiger partial charge on any atom is 0.368 e. The van der Waals surface area contributed by atoms with Crippen molar-refractivity contribution in [2.75, 3.05) is 5.32 Å². The zero-order valence-corrected chi connectivity index (χ0v) is 20.6. The van der Waals surface area contributed by atoms with Gasteiger partial charge in [0.05, 0.1) is 23.4 Å². The number of hydrogen-bond acceptors (Lipinski definition) is 5. The van der Waals surface area contributed by atoms with E-state index in [0.29, 0.717) is 20.0 Å². The van der Waals surface area contributed by atoms with E-state index in [0.717, 1.165) is 11.1 Å². The zero-order valence-electron chi connectivity index (χ0n) is 17.7. The van der Waals surface area contributed by atoms with E-state index in [9.17, 15) is 19.5 Å². The summed E-state index contributed by atoms with van der Waals surface area (Å²) >= 11 is 7.83. The van der Waals surface area contributed by atoms with Crippen molar-refractivity contribution in [3.8, 4) is 5.69 Å². The van der Waals surface area contributed by atoms with Gasteiger partial charge in [-0.1, -0.05) is 29.8 Å². The molecule has 172 valence electrons. The highest BCUT2D eigenvalue weighted by Gasteiger charge is 2.20. The van der Waals surface area contributed by atoms with Crippen LogP contribution in [-0.2, 0) is 6.54 Å². The lowest BCUT2D eigenvalue weighted by molar-refractivity contribution is 0.0692. The summed E-state index contributed by atoms with van der Waals surface area (Å²) in [7, 11) is 0. The van der Waals surface area contributed by atoms with Crippen molar-refractivity contribution in [2.24, 2.45) is 0 Å². The first kappa shape index (κ1) is 23.6. The number of aromatic nitrogens is 4. The van der Waals surface area contributed by atoms with Crippen LogP contribution < -0.4 is 11.0 Å². The molecular weight excluding hydrogens is 573 g/mol. The molecule has 0 atom stereocenters. The topological polar surface area (TPSA) is 119 Å². The number of nitrogens with zero attached hydrogens (tertiary/aromatic N) is 4. The quantitative estimate of drug-likeness (QED) is 0.328. The number of carbonyl (C=O) groups excluding carboxylic acids is 1. The van der Waals surface area contributed by atoms with Gasteiger partial charge in [0.1, 0.15) is 0 Å². The van der Waals surface area contributed by atoms with Crippen LogP contribution in [0.4, 0.5) is 5.69 Å². The van der Waals surface area contributed by atoms with Crippen molar-refractivity contribution in [1.82, 2.24) is 19.8 Å². The SMILES string of the molecule is Cc1cc(Cn2nnn(-c3ccc(Cl)cc3)c2=O)ccc1NC(=O)c1c(I)cccc1C(=O)O. The Hall–Kier alpha value is -3.51. The lowest BCUT2D eigenvalue weighted by Crippen LogP contribution is -2.24. The highest BCUT2D eigenvalue weighted by atomic mass is 127. The van der Waals surface area contributed by atoms with Crippen LogP contribution in [0.5, 0.6) is 0 Å². The maximum absolute atomic E-state index is 12.8. The highest BCUT2D eigenvalue weighted by molar-refractivity contribution is 14.1. The minimum atomic E-state index is -1.17. The van der Waals surface area contributed by atoms with Crippen LogP contribution in [0.25, 0.3) is 5.69 Å². The summed E-state index contributed by atoms with van der Waals surface area (Å²) < 4.78 is 2.94. The van der Waals surface area contributed by atoms with E-state index >= 15 is 0 Å². The van der Waals surface area contributed by atoms with Crippen molar-refractivity contribution in [1.29, 1.82) is 0 Å². The molecule has 4 rings (SSSR count). The number of anilines is 1. The second-order valence-electron chi connectivity index (χ2n) is 7.38. The number of aryl methyl sites for hydroxylation is 1. The Balaban J connectivity index is 1.54. The minimum absolute atomic E-state index is 0.0678. The highest BCUT2D eigenvalue weighted by Crippen LogP contribution is 2.22. The third-order valence-electron chi connectivity index (χ3n) is 5.05. The molecule has 0 aliphatic heterocycles. The summed E-state index contributed by atoms with van der Waals surface area (Å²) in [5.41, 5.74) is 2.23. The second kappa shape index (κ2) is 9.77. The standard InChI is InChI=1S/C23H17ClIN5O4/c1-13-11-14(12-29-23(34)30(28-27-29)16-8-6-15(24)7-9-16)5-10-19(13)26-21(31)20-17(22(32)33)3-2-4-18(20)25/h2-11H,12H2,1H3,(H,26,31)(H,32,33). The first-order chi connectivity index (χ1) is 16.2. The van der Waals surface area contributed by atoms with Gasteiger partial charge < -0.3 is 10.4 Å². The van der Waals surface area contributed by atoms with E-state index in [1.165, 1.54) is 15.4 Å². The third kappa shape index (κ3) is 4.87. The summed E-state index contributed by atoms with van der Waals surface area (Å²) in [4.78, 5) is 37.1. The Kier molecular flexibility index (Phi) is 6.80. The largest absolute Gasteiger partial charge is 0.478 e. The van der Waals surface area contributed by atoms with Gasteiger partial charge in [-0.15, -0.1) is 0 Å². The Morgan fingerprint density at radius 2 is 1.82 bits per heavy atom. The van der Waals surface area contributed by atoms with E-state index in [4.69, 9.17) is 11.6 Å². The Morgan fingerprint density at radius 1 is 1.09 bits per heavy atom. The summed E-state index contributed by atoms with van der Waals surface area (Å²) in [6, 6.07) is 16.6. The van der Waals surface area contributed by atoms with Gasteiger partial charge in [-0.25, -0.2) is 9.59 Å². The fourth-order valence-electron chi connectivity index (χ4n) is 3.37. The average Bonchev–Trinajstić information content (AvgIpc) is 3.15. The fraction of sp³-hybridized carbons (Fsp3) is 0.0870. The average molecular weight is 590 g/mol. The minimum Gasteiger partial charge on any atom is -0.478 e. The molecular formula is C23H17ClIN5O4. The first-order valence-corrected chi connectivity index (χ1v) is 11.4. The Morgan fingerprint density at radius 3 is 2.50 bits per heavy atom. The van der Waals surface area contributed by atoms with Gasteiger partial charge in [0.2, 0.25) is 0 Å². The number of amides is 1. The van der Waals surface area contributed by atoms with Crippen molar-refractivity contribution in [2.45, 2.75) is 13.5 Å². The van der Waals surface area contributed by atoms with Gasteiger partial charge in [0.25, 0.3) is 5.91 Å². The Labute approximate surface area is 212 Å². The molecule has 0 fully saturated rings. The number of aromatic carboxylic acids is 1. The fourth-order valence-corrected chi connectivity index (χ4v) is 4.24. The molecule has 0 radical (unpaired) electrons. The molecule has 0 saturated heterocycles. The number of carboxylic acids is 1. The van der Waals surface area contributed by atoms with Gasteiger partial charge in [0.15, 0.2) is 0 Å². The van der Waals surface area contributed by atoms with Crippen molar-refractivity contribution < 1.29 is 14.7 Å². The molecule has 0 aliphatic rings. The van der Waals surface area contributed by atoms with Crippen LogP contribution in [0.3, 0.4) is 0 Å². The molecule has 34 heavy (non-hydrogen) atoms. The first-order valence-electron chi connectivity index (χ1n) is 9.96. The van der Waals surface area contributed by atoms with E-state index in [1.54, 1.807) is 55.5 Å². The van der Waals surface area contributed by atoms with Crippen LogP contribution in [0.1, 0.15) is 31.8 Å². The van der Waals surface area contributed by atoms with E-state index in [2.05, 4.69) is 15.7 Å². The summed E-state index contributed by atoms with van der Waals surface area (Å²) in [5.74, 6) is -1.69. The van der Waals surface area contributed by atoms with Gasteiger partial charge in [-0.2, -0.15) is 9.36 Å². The van der Waals surface area contributed by atoms with Crippen LogP contribution in [-0.4, -0.2) is 36.8 Å². The number of rotatable bonds is 6.